The molecule has 0 aliphatic rings. The van der Waals surface area contributed by atoms with Crippen LogP contribution in [0.1, 0.15) is 93.6 Å². The smallest absolute Gasteiger partial charge is 0.164 e. The van der Waals surface area contributed by atoms with Gasteiger partial charge in [0.2, 0.25) is 0 Å². The summed E-state index contributed by atoms with van der Waals surface area (Å²) in [5.41, 5.74) is 3.65. The molecule has 1 radical (unpaired) electrons. The standard InChI is InChI=1S/C24H17N2OS2.C15H28O2.Ir/c1-24(2,3)17-11-14(10-13-7-9-28-21(13)17)20-19-16-4-5-18-15(6-8-27-18)22(16)29-23(19)26-12-25-20;1-7-14(5,8-2)12(16)11-13(17)15(6,9-3)10-4;/h4-9,11-12H,1-3H3;11,16H,7-10H2,1-6H3;/q-1;;/b;12-11-;. The Bertz CT molecular complexity index is 2050. The van der Waals surface area contributed by atoms with E-state index >= 15 is 0 Å². The fourth-order valence-electron chi connectivity index (χ4n) is 5.69. The van der Waals surface area contributed by atoms with Crippen LogP contribution in [0.25, 0.3) is 52.6 Å². The van der Waals surface area contributed by atoms with Gasteiger partial charge in [-0.1, -0.05) is 73.4 Å². The number of furan rings is 1. The Labute approximate surface area is 299 Å². The van der Waals surface area contributed by atoms with E-state index in [4.69, 9.17) is 9.40 Å². The molecule has 4 aromatic heterocycles. The second-order valence-electron chi connectivity index (χ2n) is 13.7. The number of aromatic nitrogens is 2. The van der Waals surface area contributed by atoms with Gasteiger partial charge in [-0.3, -0.25) is 9.78 Å². The van der Waals surface area contributed by atoms with Gasteiger partial charge < -0.3 is 9.52 Å². The SMILES string of the molecule is CC(C)(C)c1cc(-c2ncnc3sc4c5ccoc5ccc4c23)[c-]c2ccsc12.CCC(C)(CC)C(=O)/C=C(\O)C(C)(CC)CC.[Ir]. The molecule has 0 bridgehead atoms. The van der Waals surface area contributed by atoms with Crippen LogP contribution in [0.5, 0.6) is 0 Å². The molecule has 0 saturated carbocycles. The van der Waals surface area contributed by atoms with E-state index in [1.807, 2.05) is 53.7 Å². The van der Waals surface area contributed by atoms with Crippen molar-refractivity contribution in [2.75, 3.05) is 0 Å². The van der Waals surface area contributed by atoms with Gasteiger partial charge >= 0.3 is 0 Å². The Morgan fingerprint density at radius 3 is 2.23 bits per heavy atom. The van der Waals surface area contributed by atoms with E-state index in [2.05, 4.69) is 55.4 Å². The van der Waals surface area contributed by atoms with Crippen LogP contribution < -0.4 is 0 Å². The normalized spacial score (nSPS) is 12.8. The van der Waals surface area contributed by atoms with E-state index in [1.165, 1.54) is 26.4 Å². The summed E-state index contributed by atoms with van der Waals surface area (Å²) in [6.45, 7) is 18.9. The van der Waals surface area contributed by atoms with Gasteiger partial charge in [0, 0.05) is 58.2 Å². The van der Waals surface area contributed by atoms with Crippen molar-refractivity contribution in [3.05, 3.63) is 71.8 Å². The van der Waals surface area contributed by atoms with E-state index in [9.17, 15) is 9.90 Å². The van der Waals surface area contributed by atoms with Gasteiger partial charge in [0.25, 0.3) is 0 Å². The first-order valence-corrected chi connectivity index (χ1v) is 17.9. The average molecular weight is 846 g/mol. The van der Waals surface area contributed by atoms with Crippen LogP contribution >= 0.6 is 22.7 Å². The molecule has 4 heterocycles. The second-order valence-corrected chi connectivity index (χ2v) is 15.6. The molecule has 0 spiro atoms. The topological polar surface area (TPSA) is 76.2 Å². The van der Waals surface area contributed by atoms with Crippen LogP contribution in [0.4, 0.5) is 0 Å². The van der Waals surface area contributed by atoms with Crippen molar-refractivity contribution in [1.82, 2.24) is 9.97 Å². The first-order valence-electron chi connectivity index (χ1n) is 16.2. The summed E-state index contributed by atoms with van der Waals surface area (Å²) in [7, 11) is 0. The fraction of sp³-hybridized carbons (Fsp3) is 0.410. The van der Waals surface area contributed by atoms with Gasteiger partial charge in [-0.15, -0.1) is 34.9 Å². The number of ketones is 1. The quantitative estimate of drug-likeness (QED) is 0.0938. The third-order valence-electron chi connectivity index (χ3n) is 10.00. The third kappa shape index (κ3) is 6.98. The number of allylic oxidation sites excluding steroid dienone is 2. The number of hydrogen-bond donors (Lipinski definition) is 1. The summed E-state index contributed by atoms with van der Waals surface area (Å²) in [4.78, 5) is 22.5. The third-order valence-corrected chi connectivity index (χ3v) is 12.1. The minimum atomic E-state index is -0.337. The Kier molecular flexibility index (Phi) is 11.2. The fourth-order valence-corrected chi connectivity index (χ4v) is 7.93. The monoisotopic (exact) mass is 846 g/mol. The van der Waals surface area contributed by atoms with Gasteiger partial charge in [0.05, 0.1) is 6.26 Å². The number of fused-ring (bicyclic) bond motifs is 6. The van der Waals surface area contributed by atoms with Crippen molar-refractivity contribution in [2.24, 2.45) is 10.8 Å². The molecule has 6 aromatic rings. The van der Waals surface area contributed by atoms with Crippen molar-refractivity contribution < 1.29 is 34.4 Å². The van der Waals surface area contributed by atoms with Crippen molar-refractivity contribution in [3.8, 4) is 11.3 Å². The molecule has 0 fully saturated rings. The number of carbonyl (C=O) groups is 1. The largest absolute Gasteiger partial charge is 0.512 e. The van der Waals surface area contributed by atoms with E-state index < -0.39 is 0 Å². The number of aliphatic hydroxyl groups is 1. The van der Waals surface area contributed by atoms with Crippen LogP contribution in [0, 0.1) is 16.9 Å². The summed E-state index contributed by atoms with van der Waals surface area (Å²) in [5.74, 6) is 0.286. The molecule has 0 unspecified atom stereocenters. The van der Waals surface area contributed by atoms with Crippen LogP contribution in [-0.2, 0) is 30.3 Å². The molecule has 6 rings (SSSR count). The maximum absolute atomic E-state index is 12.2. The molecule has 0 aliphatic heterocycles. The van der Waals surface area contributed by atoms with Crippen LogP contribution in [0.15, 0.2) is 64.6 Å². The Morgan fingerprint density at radius 2 is 1.60 bits per heavy atom. The summed E-state index contributed by atoms with van der Waals surface area (Å²) in [6.07, 6.45) is 8.17. The zero-order valence-electron chi connectivity index (χ0n) is 28.8. The van der Waals surface area contributed by atoms with Crippen molar-refractivity contribution in [3.63, 3.8) is 0 Å². The molecular formula is C39H45IrN2O3S2-. The first-order chi connectivity index (χ1) is 21.8. The van der Waals surface area contributed by atoms with Crippen molar-refractivity contribution in [2.45, 2.75) is 93.4 Å². The number of benzene rings is 2. The number of aliphatic hydroxyl groups excluding tert-OH is 1. The minimum absolute atomic E-state index is 0. The summed E-state index contributed by atoms with van der Waals surface area (Å²) in [6, 6.07) is 14.2. The molecule has 5 nitrogen and oxygen atoms in total. The van der Waals surface area contributed by atoms with E-state index in [0.717, 1.165) is 63.5 Å². The molecule has 47 heavy (non-hydrogen) atoms. The molecule has 0 aliphatic carbocycles. The molecule has 8 heteroatoms. The number of hydrogen-bond acceptors (Lipinski definition) is 7. The van der Waals surface area contributed by atoms with Gasteiger partial charge in [0.15, 0.2) is 5.78 Å². The first kappa shape index (κ1) is 36.9. The molecule has 0 atom stereocenters. The Hall–Kier alpha value is -2.90. The zero-order valence-corrected chi connectivity index (χ0v) is 32.9. The second kappa shape index (κ2) is 14.3. The van der Waals surface area contributed by atoms with Crippen LogP contribution in [-0.4, -0.2) is 20.9 Å². The number of thiophene rings is 2. The van der Waals surface area contributed by atoms with Crippen LogP contribution in [0.2, 0.25) is 0 Å². The number of nitrogens with zero attached hydrogens (tertiary/aromatic N) is 2. The molecule has 251 valence electrons. The van der Waals surface area contributed by atoms with Gasteiger partial charge in [-0.2, -0.15) is 11.3 Å². The Balaban J connectivity index is 0.000000242. The molecule has 0 saturated heterocycles. The Morgan fingerprint density at radius 1 is 0.915 bits per heavy atom. The maximum atomic E-state index is 12.2. The summed E-state index contributed by atoms with van der Waals surface area (Å²) >= 11 is 3.48. The van der Waals surface area contributed by atoms with E-state index in [1.54, 1.807) is 35.3 Å². The van der Waals surface area contributed by atoms with Crippen molar-refractivity contribution in [1.29, 1.82) is 0 Å². The van der Waals surface area contributed by atoms with Gasteiger partial charge in [0.1, 0.15) is 22.5 Å². The maximum Gasteiger partial charge on any atom is 0.164 e. The number of carbonyl (C=O) groups excluding carboxylic acids is 1. The van der Waals surface area contributed by atoms with E-state index in [-0.39, 0.29) is 47.9 Å². The molecule has 2 aromatic carbocycles. The predicted molar refractivity (Wildman–Crippen MR) is 196 cm³/mol. The van der Waals surface area contributed by atoms with Gasteiger partial charge in [-0.25, -0.2) is 4.98 Å². The van der Waals surface area contributed by atoms with E-state index in [0.29, 0.717) is 0 Å². The van der Waals surface area contributed by atoms with Gasteiger partial charge in [-0.05, 0) is 64.8 Å². The van der Waals surface area contributed by atoms with Crippen LogP contribution in [0.3, 0.4) is 0 Å². The summed E-state index contributed by atoms with van der Waals surface area (Å²) < 4.78 is 8.10. The van der Waals surface area contributed by atoms with Crippen molar-refractivity contribution >= 4 is 69.8 Å². The predicted octanol–water partition coefficient (Wildman–Crippen LogP) is 12.2. The molecule has 0 amide bonds. The molecular weight excluding hydrogens is 801 g/mol. The number of rotatable bonds is 8. The zero-order chi connectivity index (χ0) is 33.4. The average Bonchev–Trinajstić information content (AvgIpc) is 3.81. The molecule has 1 N–H and O–H groups in total. The summed E-state index contributed by atoms with van der Waals surface area (Å²) in [5, 5.41) is 16.8. The minimum Gasteiger partial charge on any atom is -0.512 e.